The van der Waals surface area contributed by atoms with Crippen LogP contribution in [0.25, 0.3) is 5.69 Å². The van der Waals surface area contributed by atoms with E-state index in [1.165, 1.54) is 17.3 Å². The number of nitrogens with one attached hydrogen (secondary N) is 1. The Morgan fingerprint density at radius 2 is 2.00 bits per heavy atom. The SMILES string of the molecule is CCc1cccc(-n2c(SC(C)C(=O)Nc3ccccc3C#N)nnc2N2CCOCC2)c1. The number of carbonyl (C=O) groups excluding carboxylic acids is 1. The van der Waals surface area contributed by atoms with Gasteiger partial charge in [0, 0.05) is 13.1 Å². The van der Waals surface area contributed by atoms with Gasteiger partial charge in [-0.2, -0.15) is 5.26 Å². The van der Waals surface area contributed by atoms with E-state index in [2.05, 4.69) is 45.5 Å². The van der Waals surface area contributed by atoms with E-state index in [-0.39, 0.29) is 5.91 Å². The summed E-state index contributed by atoms with van der Waals surface area (Å²) in [6.45, 7) is 6.69. The van der Waals surface area contributed by atoms with Crippen molar-refractivity contribution >= 4 is 29.3 Å². The minimum Gasteiger partial charge on any atom is -0.378 e. The van der Waals surface area contributed by atoms with Crippen LogP contribution in [-0.4, -0.2) is 52.2 Å². The lowest BCUT2D eigenvalue weighted by Crippen LogP contribution is -2.38. The smallest absolute Gasteiger partial charge is 0.237 e. The van der Waals surface area contributed by atoms with Crippen LogP contribution in [0.3, 0.4) is 0 Å². The summed E-state index contributed by atoms with van der Waals surface area (Å²) >= 11 is 1.34. The molecule has 4 rings (SSSR count). The highest BCUT2D eigenvalue weighted by Gasteiger charge is 2.25. The summed E-state index contributed by atoms with van der Waals surface area (Å²) in [5.41, 5.74) is 3.11. The molecule has 8 nitrogen and oxygen atoms in total. The minimum atomic E-state index is -0.452. The van der Waals surface area contributed by atoms with Crippen LogP contribution in [0.2, 0.25) is 0 Å². The fourth-order valence-corrected chi connectivity index (χ4v) is 4.45. The van der Waals surface area contributed by atoms with E-state index in [9.17, 15) is 10.1 Å². The van der Waals surface area contributed by atoms with Gasteiger partial charge in [0.1, 0.15) is 6.07 Å². The average molecular weight is 463 g/mol. The molecule has 1 saturated heterocycles. The first-order chi connectivity index (χ1) is 16.1. The van der Waals surface area contributed by atoms with Crippen molar-refractivity contribution in [2.45, 2.75) is 30.7 Å². The highest BCUT2D eigenvalue weighted by Crippen LogP contribution is 2.30. The Morgan fingerprint density at radius 1 is 1.21 bits per heavy atom. The number of amides is 1. The molecule has 170 valence electrons. The van der Waals surface area contributed by atoms with Crippen molar-refractivity contribution in [3.63, 3.8) is 0 Å². The van der Waals surface area contributed by atoms with E-state index in [0.717, 1.165) is 31.1 Å². The van der Waals surface area contributed by atoms with Gasteiger partial charge >= 0.3 is 0 Å². The number of nitrogens with zero attached hydrogens (tertiary/aromatic N) is 5. The largest absolute Gasteiger partial charge is 0.378 e. The molecule has 1 aromatic heterocycles. The zero-order chi connectivity index (χ0) is 23.2. The molecule has 33 heavy (non-hydrogen) atoms. The minimum absolute atomic E-state index is 0.201. The quantitative estimate of drug-likeness (QED) is 0.535. The van der Waals surface area contributed by atoms with Crippen molar-refractivity contribution in [3.05, 3.63) is 59.7 Å². The van der Waals surface area contributed by atoms with Gasteiger partial charge in [0.15, 0.2) is 5.16 Å². The fourth-order valence-electron chi connectivity index (χ4n) is 3.58. The molecule has 0 aliphatic carbocycles. The Bertz CT molecular complexity index is 1170. The summed E-state index contributed by atoms with van der Waals surface area (Å²) < 4.78 is 7.52. The molecule has 0 radical (unpaired) electrons. The molecule has 1 amide bonds. The number of para-hydroxylation sites is 1. The van der Waals surface area contributed by atoms with E-state index in [0.29, 0.717) is 29.6 Å². The summed E-state index contributed by atoms with van der Waals surface area (Å²) in [5.74, 6) is 0.545. The van der Waals surface area contributed by atoms with E-state index < -0.39 is 5.25 Å². The maximum absolute atomic E-state index is 12.9. The van der Waals surface area contributed by atoms with Crippen molar-refractivity contribution in [1.29, 1.82) is 5.26 Å². The second kappa shape index (κ2) is 10.5. The first kappa shape index (κ1) is 22.8. The molecule has 1 N–H and O–H groups in total. The highest BCUT2D eigenvalue weighted by atomic mass is 32.2. The number of morpholine rings is 1. The lowest BCUT2D eigenvalue weighted by molar-refractivity contribution is -0.115. The predicted octanol–water partition coefficient (Wildman–Crippen LogP) is 3.66. The molecule has 0 spiro atoms. The molecule has 0 saturated carbocycles. The van der Waals surface area contributed by atoms with Crippen molar-refractivity contribution in [2.75, 3.05) is 36.5 Å². The Hall–Kier alpha value is -3.35. The number of rotatable bonds is 7. The maximum atomic E-state index is 12.9. The number of benzene rings is 2. The third-order valence-corrected chi connectivity index (χ3v) is 6.49. The molecular weight excluding hydrogens is 436 g/mol. The number of carbonyl (C=O) groups is 1. The Morgan fingerprint density at radius 3 is 2.76 bits per heavy atom. The Balaban J connectivity index is 1.62. The monoisotopic (exact) mass is 462 g/mol. The molecular formula is C24H26N6O2S. The number of thioether (sulfide) groups is 1. The number of anilines is 2. The summed E-state index contributed by atoms with van der Waals surface area (Å²) in [7, 11) is 0. The van der Waals surface area contributed by atoms with Crippen molar-refractivity contribution in [3.8, 4) is 11.8 Å². The third kappa shape index (κ3) is 5.18. The molecule has 1 aliphatic rings. The maximum Gasteiger partial charge on any atom is 0.237 e. The molecule has 2 aromatic carbocycles. The van der Waals surface area contributed by atoms with E-state index in [1.807, 2.05) is 23.6 Å². The molecule has 3 aromatic rings. The third-order valence-electron chi connectivity index (χ3n) is 5.44. The number of aryl methyl sites for hydroxylation is 1. The van der Waals surface area contributed by atoms with E-state index >= 15 is 0 Å². The van der Waals surface area contributed by atoms with Gasteiger partial charge in [-0.15, -0.1) is 10.2 Å². The predicted molar refractivity (Wildman–Crippen MR) is 129 cm³/mol. The highest BCUT2D eigenvalue weighted by molar-refractivity contribution is 8.00. The molecule has 1 atom stereocenters. The zero-order valence-corrected chi connectivity index (χ0v) is 19.5. The van der Waals surface area contributed by atoms with Gasteiger partial charge in [0.05, 0.1) is 35.4 Å². The summed E-state index contributed by atoms with van der Waals surface area (Å²) in [5, 5.41) is 21.3. The van der Waals surface area contributed by atoms with Crippen LogP contribution in [0.15, 0.2) is 53.7 Å². The van der Waals surface area contributed by atoms with Gasteiger partial charge in [-0.1, -0.05) is 43.0 Å². The molecule has 1 aliphatic heterocycles. The van der Waals surface area contributed by atoms with Crippen LogP contribution in [0.4, 0.5) is 11.6 Å². The lowest BCUT2D eigenvalue weighted by atomic mass is 10.1. The second-order valence-electron chi connectivity index (χ2n) is 7.65. The normalized spacial score (nSPS) is 14.5. The molecule has 9 heteroatoms. The van der Waals surface area contributed by atoms with Gasteiger partial charge in [0.2, 0.25) is 11.9 Å². The molecule has 1 fully saturated rings. The van der Waals surface area contributed by atoms with Crippen LogP contribution in [0, 0.1) is 11.3 Å². The van der Waals surface area contributed by atoms with Gasteiger partial charge in [-0.05, 0) is 43.2 Å². The van der Waals surface area contributed by atoms with Crippen LogP contribution >= 0.6 is 11.8 Å². The molecule has 2 heterocycles. The number of nitriles is 1. The summed E-state index contributed by atoms with van der Waals surface area (Å²) in [6.07, 6.45) is 0.919. The Kier molecular flexibility index (Phi) is 7.27. The Labute approximate surface area is 197 Å². The molecule has 0 bridgehead atoms. The standard InChI is InChI=1S/C24H26N6O2S/c1-3-18-7-6-9-20(15-18)30-23(29-11-13-32-14-12-29)27-28-24(30)33-17(2)22(31)26-21-10-5-4-8-19(21)16-25/h4-10,15,17H,3,11-14H2,1-2H3,(H,26,31). The van der Waals surface area contributed by atoms with Gasteiger partial charge in [-0.25, -0.2) is 0 Å². The summed E-state index contributed by atoms with van der Waals surface area (Å²) in [6, 6.07) is 17.4. The summed E-state index contributed by atoms with van der Waals surface area (Å²) in [4.78, 5) is 15.1. The lowest BCUT2D eigenvalue weighted by Gasteiger charge is -2.28. The number of hydrogen-bond donors (Lipinski definition) is 1. The fraction of sp³-hybridized carbons (Fsp3) is 0.333. The number of hydrogen-bond acceptors (Lipinski definition) is 7. The zero-order valence-electron chi connectivity index (χ0n) is 18.7. The topological polar surface area (TPSA) is 96.1 Å². The van der Waals surface area contributed by atoms with Crippen LogP contribution in [0.5, 0.6) is 0 Å². The van der Waals surface area contributed by atoms with Crippen molar-refractivity contribution in [2.24, 2.45) is 0 Å². The number of ether oxygens (including phenoxy) is 1. The van der Waals surface area contributed by atoms with Crippen molar-refractivity contribution < 1.29 is 9.53 Å². The van der Waals surface area contributed by atoms with Crippen LogP contribution in [-0.2, 0) is 16.0 Å². The first-order valence-corrected chi connectivity index (χ1v) is 11.8. The van der Waals surface area contributed by atoms with E-state index in [4.69, 9.17) is 4.74 Å². The first-order valence-electron chi connectivity index (χ1n) is 10.9. The van der Waals surface area contributed by atoms with Crippen LogP contribution < -0.4 is 10.2 Å². The number of aromatic nitrogens is 3. The van der Waals surface area contributed by atoms with E-state index in [1.54, 1.807) is 24.3 Å². The van der Waals surface area contributed by atoms with Crippen LogP contribution in [0.1, 0.15) is 25.0 Å². The van der Waals surface area contributed by atoms with Gasteiger partial charge < -0.3 is 15.0 Å². The van der Waals surface area contributed by atoms with Gasteiger partial charge in [-0.3, -0.25) is 9.36 Å². The van der Waals surface area contributed by atoms with Crippen molar-refractivity contribution in [1.82, 2.24) is 14.8 Å². The molecule has 1 unspecified atom stereocenters. The second-order valence-corrected chi connectivity index (χ2v) is 8.96. The van der Waals surface area contributed by atoms with Gasteiger partial charge in [0.25, 0.3) is 0 Å². The average Bonchev–Trinajstić information content (AvgIpc) is 3.28.